The van der Waals surface area contributed by atoms with Gasteiger partial charge in [0.05, 0.1) is 5.25 Å². The summed E-state index contributed by atoms with van der Waals surface area (Å²) in [5.74, 6) is 1.07. The molecular formula is C17H16FNO3S. The second-order valence-electron chi connectivity index (χ2n) is 5.12. The van der Waals surface area contributed by atoms with E-state index in [2.05, 4.69) is 5.32 Å². The summed E-state index contributed by atoms with van der Waals surface area (Å²) in [7, 11) is 0. The van der Waals surface area contributed by atoms with Crippen molar-refractivity contribution in [1.29, 1.82) is 0 Å². The Morgan fingerprint density at radius 1 is 1.22 bits per heavy atom. The maximum atomic E-state index is 12.9. The Labute approximate surface area is 138 Å². The van der Waals surface area contributed by atoms with E-state index in [0.717, 1.165) is 16.2 Å². The first-order chi connectivity index (χ1) is 11.1. The van der Waals surface area contributed by atoms with E-state index in [1.165, 1.54) is 23.9 Å². The van der Waals surface area contributed by atoms with Crippen LogP contribution in [0.2, 0.25) is 0 Å². The van der Waals surface area contributed by atoms with Crippen LogP contribution in [0.5, 0.6) is 11.5 Å². The Bertz CT molecular complexity index is 705. The van der Waals surface area contributed by atoms with E-state index in [1.807, 2.05) is 25.1 Å². The molecule has 4 nitrogen and oxygen atoms in total. The average Bonchev–Trinajstić information content (AvgIpc) is 3.02. The Kier molecular flexibility index (Phi) is 4.71. The van der Waals surface area contributed by atoms with Gasteiger partial charge < -0.3 is 14.8 Å². The molecule has 0 saturated carbocycles. The van der Waals surface area contributed by atoms with Gasteiger partial charge in [-0.25, -0.2) is 4.39 Å². The molecule has 1 amide bonds. The van der Waals surface area contributed by atoms with Crippen molar-refractivity contribution in [3.63, 3.8) is 0 Å². The predicted octanol–water partition coefficient (Wildman–Crippen LogP) is 3.35. The molecule has 1 aliphatic rings. The minimum absolute atomic E-state index is 0.0722. The van der Waals surface area contributed by atoms with Crippen molar-refractivity contribution in [3.05, 3.63) is 53.8 Å². The molecule has 0 radical (unpaired) electrons. The van der Waals surface area contributed by atoms with Crippen LogP contribution in [0.4, 0.5) is 4.39 Å². The fourth-order valence-electron chi connectivity index (χ4n) is 2.15. The Balaban J connectivity index is 1.53. The minimum Gasteiger partial charge on any atom is -0.454 e. The van der Waals surface area contributed by atoms with Crippen molar-refractivity contribution >= 4 is 17.7 Å². The average molecular weight is 333 g/mol. The van der Waals surface area contributed by atoms with Gasteiger partial charge in [-0.3, -0.25) is 4.79 Å². The van der Waals surface area contributed by atoms with Crippen LogP contribution in [-0.4, -0.2) is 18.0 Å². The van der Waals surface area contributed by atoms with E-state index < -0.39 is 0 Å². The van der Waals surface area contributed by atoms with E-state index in [0.29, 0.717) is 12.3 Å². The maximum Gasteiger partial charge on any atom is 0.233 e. The first kappa shape index (κ1) is 15.7. The summed E-state index contributed by atoms with van der Waals surface area (Å²) >= 11 is 1.39. The van der Waals surface area contributed by atoms with E-state index in [1.54, 1.807) is 12.1 Å². The van der Waals surface area contributed by atoms with Gasteiger partial charge in [0.2, 0.25) is 12.7 Å². The van der Waals surface area contributed by atoms with Gasteiger partial charge in [0.1, 0.15) is 5.82 Å². The zero-order valence-electron chi connectivity index (χ0n) is 12.5. The van der Waals surface area contributed by atoms with Gasteiger partial charge in [-0.1, -0.05) is 6.07 Å². The third-order valence-electron chi connectivity index (χ3n) is 3.40. The number of hydrogen-bond donors (Lipinski definition) is 1. The second kappa shape index (κ2) is 6.91. The van der Waals surface area contributed by atoms with Crippen molar-refractivity contribution in [2.24, 2.45) is 0 Å². The summed E-state index contributed by atoms with van der Waals surface area (Å²) in [4.78, 5) is 13.0. The molecule has 0 spiro atoms. The summed E-state index contributed by atoms with van der Waals surface area (Å²) < 4.78 is 23.4. The number of rotatable bonds is 5. The van der Waals surface area contributed by atoms with Crippen molar-refractivity contribution in [2.45, 2.75) is 23.6 Å². The first-order valence-electron chi connectivity index (χ1n) is 7.20. The third-order valence-corrected chi connectivity index (χ3v) is 4.51. The number of nitrogens with one attached hydrogen (secondary N) is 1. The molecule has 3 rings (SSSR count). The highest BCUT2D eigenvalue weighted by atomic mass is 32.2. The van der Waals surface area contributed by atoms with Gasteiger partial charge >= 0.3 is 0 Å². The molecule has 1 heterocycles. The van der Waals surface area contributed by atoms with Gasteiger partial charge in [0.15, 0.2) is 11.5 Å². The highest BCUT2D eigenvalue weighted by molar-refractivity contribution is 8.00. The quantitative estimate of drug-likeness (QED) is 0.853. The highest BCUT2D eigenvalue weighted by Gasteiger charge is 2.16. The monoisotopic (exact) mass is 333 g/mol. The molecule has 1 atom stereocenters. The minimum atomic E-state index is -0.283. The third kappa shape index (κ3) is 3.96. The van der Waals surface area contributed by atoms with Gasteiger partial charge in [-0.05, 0) is 48.9 Å². The Morgan fingerprint density at radius 3 is 2.74 bits per heavy atom. The molecule has 0 fully saturated rings. The molecule has 2 aromatic rings. The lowest BCUT2D eigenvalue weighted by molar-refractivity contribution is -0.120. The SMILES string of the molecule is C[C@@H](Sc1ccc(F)cc1)C(=O)NCc1ccc2c(c1)OCO2. The number of carbonyl (C=O) groups excluding carboxylic acids is 1. The maximum absolute atomic E-state index is 12.9. The van der Waals surface area contributed by atoms with Gasteiger partial charge in [0, 0.05) is 11.4 Å². The first-order valence-corrected chi connectivity index (χ1v) is 8.08. The van der Waals surface area contributed by atoms with Crippen LogP contribution in [0, 0.1) is 5.82 Å². The van der Waals surface area contributed by atoms with Gasteiger partial charge in [0.25, 0.3) is 0 Å². The number of fused-ring (bicyclic) bond motifs is 1. The van der Waals surface area contributed by atoms with Crippen LogP contribution in [0.15, 0.2) is 47.4 Å². The largest absolute Gasteiger partial charge is 0.454 e. The number of hydrogen-bond acceptors (Lipinski definition) is 4. The molecule has 0 bridgehead atoms. The van der Waals surface area contributed by atoms with Gasteiger partial charge in [-0.15, -0.1) is 11.8 Å². The van der Waals surface area contributed by atoms with Crippen molar-refractivity contribution in [2.75, 3.05) is 6.79 Å². The number of halogens is 1. The molecule has 0 aromatic heterocycles. The number of thioether (sulfide) groups is 1. The van der Waals surface area contributed by atoms with Gasteiger partial charge in [-0.2, -0.15) is 0 Å². The van der Waals surface area contributed by atoms with Crippen LogP contribution < -0.4 is 14.8 Å². The molecule has 2 aromatic carbocycles. The van der Waals surface area contributed by atoms with Crippen molar-refractivity contribution < 1.29 is 18.7 Å². The van der Waals surface area contributed by atoms with E-state index in [4.69, 9.17) is 9.47 Å². The zero-order valence-corrected chi connectivity index (χ0v) is 13.4. The van der Waals surface area contributed by atoms with Crippen LogP contribution in [0.25, 0.3) is 0 Å². The smallest absolute Gasteiger partial charge is 0.233 e. The summed E-state index contributed by atoms with van der Waals surface area (Å²) in [6.45, 7) is 2.48. The lowest BCUT2D eigenvalue weighted by atomic mass is 10.2. The topological polar surface area (TPSA) is 47.6 Å². The fraction of sp³-hybridized carbons (Fsp3) is 0.235. The summed E-state index contributed by atoms with van der Waals surface area (Å²) in [5.41, 5.74) is 0.946. The molecule has 0 saturated heterocycles. The molecule has 1 N–H and O–H groups in total. The van der Waals surface area contributed by atoms with Crippen LogP contribution >= 0.6 is 11.8 Å². The molecule has 0 unspecified atom stereocenters. The molecular weight excluding hydrogens is 317 g/mol. The molecule has 120 valence electrons. The molecule has 23 heavy (non-hydrogen) atoms. The zero-order chi connectivity index (χ0) is 16.2. The normalized spacial score (nSPS) is 13.7. The molecule has 1 aliphatic heterocycles. The Hall–Kier alpha value is -2.21. The summed E-state index contributed by atoms with van der Waals surface area (Å²) in [5, 5.41) is 2.62. The van der Waals surface area contributed by atoms with Crippen molar-refractivity contribution in [3.8, 4) is 11.5 Å². The number of ether oxygens (including phenoxy) is 2. The van der Waals surface area contributed by atoms with E-state index in [9.17, 15) is 9.18 Å². The van der Waals surface area contributed by atoms with Crippen LogP contribution in [-0.2, 0) is 11.3 Å². The van der Waals surface area contributed by atoms with E-state index >= 15 is 0 Å². The standard InChI is InChI=1S/C17H16FNO3S/c1-11(23-14-5-3-13(18)4-6-14)17(20)19-9-12-2-7-15-16(8-12)22-10-21-15/h2-8,11H,9-10H2,1H3,(H,19,20)/t11-/m1/s1. The molecule has 0 aliphatic carbocycles. The highest BCUT2D eigenvalue weighted by Crippen LogP contribution is 2.32. The lowest BCUT2D eigenvalue weighted by Gasteiger charge is -2.12. The van der Waals surface area contributed by atoms with E-state index in [-0.39, 0.29) is 23.8 Å². The number of carbonyl (C=O) groups is 1. The Morgan fingerprint density at radius 2 is 1.96 bits per heavy atom. The predicted molar refractivity (Wildman–Crippen MR) is 86.1 cm³/mol. The lowest BCUT2D eigenvalue weighted by Crippen LogP contribution is -2.30. The summed E-state index contributed by atoms with van der Waals surface area (Å²) in [6.07, 6.45) is 0. The summed E-state index contributed by atoms with van der Waals surface area (Å²) in [6, 6.07) is 11.7. The second-order valence-corrected chi connectivity index (χ2v) is 6.53. The van der Waals surface area contributed by atoms with Crippen LogP contribution in [0.3, 0.4) is 0 Å². The fourth-order valence-corrected chi connectivity index (χ4v) is 3.05. The van der Waals surface area contributed by atoms with Crippen molar-refractivity contribution in [1.82, 2.24) is 5.32 Å². The van der Waals surface area contributed by atoms with Crippen LogP contribution in [0.1, 0.15) is 12.5 Å². The number of benzene rings is 2. The number of amides is 1. The molecule has 6 heteroatoms.